The number of hydrogen-bond donors (Lipinski definition) is 0. The van der Waals surface area contributed by atoms with Gasteiger partial charge < -0.3 is 9.80 Å². The van der Waals surface area contributed by atoms with E-state index in [4.69, 9.17) is 0 Å². The normalized spacial score (nSPS) is 16.0. The molecule has 2 heteroatoms. The Morgan fingerprint density at radius 2 is 0.742 bits per heavy atom. The molecule has 0 saturated carbocycles. The van der Waals surface area contributed by atoms with E-state index in [1.807, 2.05) is 0 Å². The minimum absolute atomic E-state index is 0.642. The summed E-state index contributed by atoms with van der Waals surface area (Å²) in [5.41, 5.74) is 0. The maximum Gasteiger partial charge on any atom is 0.101 e. The van der Waals surface area contributed by atoms with Crippen LogP contribution in [0.2, 0.25) is 0 Å². The van der Waals surface area contributed by atoms with Crippen LogP contribution in [0.25, 0.3) is 0 Å². The minimum atomic E-state index is 0.642. The lowest BCUT2D eigenvalue weighted by atomic mass is 10.0. The van der Waals surface area contributed by atoms with Crippen LogP contribution in [0.4, 0.5) is 0 Å². The first kappa shape index (κ1) is 28.4. The van der Waals surface area contributed by atoms with Gasteiger partial charge in [-0.05, 0) is 25.7 Å². The molecule has 1 rings (SSSR count). The van der Waals surface area contributed by atoms with Crippen LogP contribution < -0.4 is 0 Å². The Labute approximate surface area is 197 Å². The molecule has 0 aromatic rings. The average molecular weight is 435 g/mol. The lowest BCUT2D eigenvalue weighted by molar-refractivity contribution is 0.136. The molecule has 0 saturated heterocycles. The average Bonchev–Trinajstić information content (AvgIpc) is 3.16. The first-order chi connectivity index (χ1) is 15.3. The van der Waals surface area contributed by atoms with Crippen molar-refractivity contribution in [3.05, 3.63) is 12.4 Å². The minimum Gasteiger partial charge on any atom is -0.356 e. The third kappa shape index (κ3) is 14.9. The molecular formula is C29H58N2. The van der Waals surface area contributed by atoms with E-state index in [-0.39, 0.29) is 0 Å². The molecule has 31 heavy (non-hydrogen) atoms. The van der Waals surface area contributed by atoms with E-state index in [0.717, 1.165) is 0 Å². The van der Waals surface area contributed by atoms with Gasteiger partial charge in [-0.25, -0.2) is 0 Å². The standard InChI is InChI=1S/C29H58N2/c1-4-7-10-12-13-14-15-16-17-18-19-21-23-26-31-28-27-30(29(31)24-9-6-3)25-22-20-11-8-5-2/h27-29H,4-26H2,1-3H3. The molecule has 1 aliphatic heterocycles. The zero-order valence-electron chi connectivity index (χ0n) is 21.9. The highest BCUT2D eigenvalue weighted by molar-refractivity contribution is 4.96. The second kappa shape index (κ2) is 21.2. The van der Waals surface area contributed by atoms with E-state index >= 15 is 0 Å². The summed E-state index contributed by atoms with van der Waals surface area (Å²) >= 11 is 0. The molecular weight excluding hydrogens is 376 g/mol. The molecule has 2 nitrogen and oxygen atoms in total. The van der Waals surface area contributed by atoms with Crippen molar-refractivity contribution in [1.29, 1.82) is 0 Å². The molecule has 184 valence electrons. The lowest BCUT2D eigenvalue weighted by Gasteiger charge is -2.33. The summed E-state index contributed by atoms with van der Waals surface area (Å²) in [4.78, 5) is 5.30. The maximum atomic E-state index is 2.65. The zero-order chi connectivity index (χ0) is 22.4. The van der Waals surface area contributed by atoms with Crippen molar-refractivity contribution < 1.29 is 0 Å². The predicted octanol–water partition coefficient (Wildman–Crippen LogP) is 9.65. The SMILES string of the molecule is CCCCCCCCCCCCCCCN1C=CN(CCCCCCC)C1CCCC. The van der Waals surface area contributed by atoms with Gasteiger partial charge in [-0.3, -0.25) is 0 Å². The zero-order valence-corrected chi connectivity index (χ0v) is 21.9. The first-order valence-electron chi connectivity index (χ1n) is 14.5. The van der Waals surface area contributed by atoms with Crippen LogP contribution in [0.3, 0.4) is 0 Å². The summed E-state index contributed by atoms with van der Waals surface area (Å²) < 4.78 is 0. The van der Waals surface area contributed by atoms with E-state index in [1.54, 1.807) is 0 Å². The number of hydrogen-bond acceptors (Lipinski definition) is 2. The topological polar surface area (TPSA) is 6.48 Å². The van der Waals surface area contributed by atoms with Crippen molar-refractivity contribution in [1.82, 2.24) is 9.80 Å². The molecule has 0 aromatic carbocycles. The summed E-state index contributed by atoms with van der Waals surface area (Å²) in [6, 6.07) is 0. The molecule has 0 amide bonds. The maximum absolute atomic E-state index is 2.65. The molecule has 1 heterocycles. The summed E-state index contributed by atoms with van der Waals surface area (Å²) in [6.45, 7) is 9.45. The van der Waals surface area contributed by atoms with Crippen molar-refractivity contribution in [2.75, 3.05) is 13.1 Å². The molecule has 0 fully saturated rings. The number of unbranched alkanes of at least 4 members (excludes halogenated alkanes) is 17. The molecule has 1 atom stereocenters. The molecule has 0 aromatic heterocycles. The molecule has 0 bridgehead atoms. The van der Waals surface area contributed by atoms with Crippen LogP contribution >= 0.6 is 0 Å². The quantitative estimate of drug-likeness (QED) is 0.148. The van der Waals surface area contributed by atoms with E-state index in [9.17, 15) is 0 Å². The Bertz CT molecular complexity index is 392. The van der Waals surface area contributed by atoms with Crippen LogP contribution in [0.1, 0.15) is 156 Å². The highest BCUT2D eigenvalue weighted by atomic mass is 15.4. The highest BCUT2D eigenvalue weighted by Gasteiger charge is 2.24. The van der Waals surface area contributed by atoms with Crippen LogP contribution in [-0.4, -0.2) is 29.1 Å². The summed E-state index contributed by atoms with van der Waals surface area (Å²) in [5, 5.41) is 0. The Morgan fingerprint density at radius 3 is 1.10 bits per heavy atom. The Balaban J connectivity index is 2.05. The third-order valence-electron chi connectivity index (χ3n) is 7.07. The fraction of sp³-hybridized carbons (Fsp3) is 0.931. The van der Waals surface area contributed by atoms with Gasteiger partial charge in [-0.2, -0.15) is 0 Å². The van der Waals surface area contributed by atoms with Crippen LogP contribution in [-0.2, 0) is 0 Å². The summed E-state index contributed by atoms with van der Waals surface area (Å²) in [6.07, 6.45) is 35.1. The van der Waals surface area contributed by atoms with E-state index in [1.165, 1.54) is 148 Å². The molecule has 0 spiro atoms. The Hall–Kier alpha value is -0.660. The number of rotatable bonds is 23. The second-order valence-electron chi connectivity index (χ2n) is 10.1. The molecule has 0 N–H and O–H groups in total. The Kier molecular flexibility index (Phi) is 19.4. The first-order valence-corrected chi connectivity index (χ1v) is 14.5. The highest BCUT2D eigenvalue weighted by Crippen LogP contribution is 2.23. The van der Waals surface area contributed by atoms with Crippen LogP contribution in [0.15, 0.2) is 12.4 Å². The van der Waals surface area contributed by atoms with Crippen molar-refractivity contribution >= 4 is 0 Å². The molecule has 1 unspecified atom stereocenters. The van der Waals surface area contributed by atoms with Gasteiger partial charge in [0.15, 0.2) is 0 Å². The fourth-order valence-electron chi connectivity index (χ4n) is 4.94. The van der Waals surface area contributed by atoms with E-state index < -0.39 is 0 Å². The van der Waals surface area contributed by atoms with Crippen molar-refractivity contribution in [3.8, 4) is 0 Å². The fourth-order valence-corrected chi connectivity index (χ4v) is 4.94. The largest absolute Gasteiger partial charge is 0.356 e. The smallest absolute Gasteiger partial charge is 0.101 e. The van der Waals surface area contributed by atoms with Crippen molar-refractivity contribution in [3.63, 3.8) is 0 Å². The van der Waals surface area contributed by atoms with Gasteiger partial charge in [0.05, 0.1) is 0 Å². The van der Waals surface area contributed by atoms with Gasteiger partial charge in [-0.15, -0.1) is 0 Å². The second-order valence-corrected chi connectivity index (χ2v) is 10.1. The molecule has 0 aliphatic carbocycles. The lowest BCUT2D eigenvalue weighted by Crippen LogP contribution is -2.39. The summed E-state index contributed by atoms with van der Waals surface area (Å²) in [7, 11) is 0. The van der Waals surface area contributed by atoms with Gasteiger partial charge in [0.2, 0.25) is 0 Å². The van der Waals surface area contributed by atoms with Gasteiger partial charge in [0.25, 0.3) is 0 Å². The van der Waals surface area contributed by atoms with E-state index in [2.05, 4.69) is 43.0 Å². The van der Waals surface area contributed by atoms with Gasteiger partial charge in [0.1, 0.15) is 6.17 Å². The van der Waals surface area contributed by atoms with Crippen LogP contribution in [0, 0.1) is 0 Å². The predicted molar refractivity (Wildman–Crippen MR) is 140 cm³/mol. The van der Waals surface area contributed by atoms with Crippen molar-refractivity contribution in [2.24, 2.45) is 0 Å². The summed E-state index contributed by atoms with van der Waals surface area (Å²) in [5.74, 6) is 0. The van der Waals surface area contributed by atoms with Gasteiger partial charge in [0, 0.05) is 25.5 Å². The molecule has 0 radical (unpaired) electrons. The Morgan fingerprint density at radius 1 is 0.419 bits per heavy atom. The monoisotopic (exact) mass is 434 g/mol. The van der Waals surface area contributed by atoms with E-state index in [0.29, 0.717) is 6.17 Å². The van der Waals surface area contributed by atoms with Gasteiger partial charge >= 0.3 is 0 Å². The number of nitrogens with zero attached hydrogens (tertiary/aromatic N) is 2. The third-order valence-corrected chi connectivity index (χ3v) is 7.07. The van der Waals surface area contributed by atoms with Crippen LogP contribution in [0.5, 0.6) is 0 Å². The van der Waals surface area contributed by atoms with Gasteiger partial charge in [-0.1, -0.05) is 130 Å². The van der Waals surface area contributed by atoms with Crippen molar-refractivity contribution in [2.45, 2.75) is 162 Å². The molecule has 1 aliphatic rings.